The number of ether oxygens (including phenoxy) is 6. The van der Waals surface area contributed by atoms with Crippen molar-refractivity contribution in [1.29, 1.82) is 0 Å². The number of rotatable bonds is 21. The Bertz CT molecular complexity index is 1330. The van der Waals surface area contributed by atoms with Gasteiger partial charge in [0, 0.05) is 45.3 Å². The summed E-state index contributed by atoms with van der Waals surface area (Å²) in [5.74, 6) is 9.98. The van der Waals surface area contributed by atoms with Gasteiger partial charge in [0.25, 0.3) is 11.8 Å². The van der Waals surface area contributed by atoms with Crippen LogP contribution in [0.4, 0.5) is 0 Å². The molecule has 18 nitrogen and oxygen atoms in total. The maximum atomic E-state index is 13.4. The SMILES string of the molecule is C=C(C)C(=O)CCCCNC(=O)C1OC(C(C)C)C(O)C(O)C1OC1OC(C(=O)NCCCN(N)/C=C(\N)COCC2COC2)C(OC)C(O)C1O.CC#CC. The molecule has 0 bridgehead atoms. The number of methoxy groups -OCH3 is 1. The Labute approximate surface area is 330 Å². The quantitative estimate of drug-likeness (QED) is 0.0218. The van der Waals surface area contributed by atoms with Crippen molar-refractivity contribution in [3.63, 3.8) is 0 Å². The van der Waals surface area contributed by atoms with E-state index in [1.807, 2.05) is 13.8 Å². The molecule has 0 saturated carbocycles. The number of nitrogens with one attached hydrogen (secondary N) is 2. The fourth-order valence-corrected chi connectivity index (χ4v) is 5.94. The highest BCUT2D eigenvalue weighted by atomic mass is 16.7. The zero-order valence-electron chi connectivity index (χ0n) is 33.6. The van der Waals surface area contributed by atoms with Crippen LogP contribution in [-0.2, 0) is 42.8 Å². The van der Waals surface area contributed by atoms with E-state index in [1.54, 1.807) is 20.8 Å². The molecule has 3 aliphatic heterocycles. The first-order valence-electron chi connectivity index (χ1n) is 19.0. The average molecular weight is 800 g/mol. The lowest BCUT2D eigenvalue weighted by atomic mass is 9.88. The second-order valence-corrected chi connectivity index (χ2v) is 14.4. The monoisotopic (exact) mass is 799 g/mol. The number of unbranched alkanes of at least 4 members (excludes halogenated alkanes) is 1. The number of allylic oxidation sites excluding steroid dienone is 1. The van der Waals surface area contributed by atoms with E-state index in [9.17, 15) is 34.8 Å². The van der Waals surface area contributed by atoms with Crippen molar-refractivity contribution in [1.82, 2.24) is 15.6 Å². The third-order valence-corrected chi connectivity index (χ3v) is 9.32. The summed E-state index contributed by atoms with van der Waals surface area (Å²) in [5.41, 5.74) is 6.85. The molecule has 0 spiro atoms. The lowest BCUT2D eigenvalue weighted by Crippen LogP contribution is -2.67. The number of ketones is 1. The minimum absolute atomic E-state index is 0.0727. The van der Waals surface area contributed by atoms with E-state index in [1.165, 1.54) is 18.3 Å². The topological polar surface area (TPSA) is 267 Å². The molecule has 3 heterocycles. The highest BCUT2D eigenvalue weighted by Crippen LogP contribution is 2.32. The highest BCUT2D eigenvalue weighted by Gasteiger charge is 2.54. The lowest BCUT2D eigenvalue weighted by molar-refractivity contribution is -0.333. The minimum Gasteiger partial charge on any atom is -0.399 e. The second kappa shape index (κ2) is 25.2. The van der Waals surface area contributed by atoms with E-state index in [0.29, 0.717) is 62.8 Å². The number of carbonyl (C=O) groups is 3. The molecule has 10 atom stereocenters. The molecule has 10 N–H and O–H groups in total. The number of hydrogen-bond donors (Lipinski definition) is 8. The maximum absolute atomic E-state index is 13.4. The van der Waals surface area contributed by atoms with Crippen LogP contribution in [0.5, 0.6) is 0 Å². The maximum Gasteiger partial charge on any atom is 0.252 e. The van der Waals surface area contributed by atoms with Crippen LogP contribution in [0.15, 0.2) is 24.0 Å². The fourth-order valence-electron chi connectivity index (χ4n) is 5.94. The number of hydrogen-bond acceptors (Lipinski definition) is 16. The highest BCUT2D eigenvalue weighted by molar-refractivity contribution is 5.94. The summed E-state index contributed by atoms with van der Waals surface area (Å²) in [6.07, 6.45) is -12.0. The van der Waals surface area contributed by atoms with Gasteiger partial charge in [-0.2, -0.15) is 0 Å². The van der Waals surface area contributed by atoms with Gasteiger partial charge >= 0.3 is 0 Å². The normalized spacial score (nSPS) is 29.2. The molecule has 2 amide bonds. The van der Waals surface area contributed by atoms with E-state index in [-0.39, 0.29) is 37.8 Å². The molecule has 3 rings (SSSR count). The number of Topliss-reactive ketones (excluding diaryl/α,β-unsaturated/α-hetero) is 1. The van der Waals surface area contributed by atoms with Gasteiger partial charge in [-0.25, -0.2) is 5.84 Å². The van der Waals surface area contributed by atoms with Crippen LogP contribution in [0.25, 0.3) is 0 Å². The first-order valence-corrected chi connectivity index (χ1v) is 19.0. The Balaban J connectivity index is 0.00000258. The summed E-state index contributed by atoms with van der Waals surface area (Å²) in [6, 6.07) is 0. The van der Waals surface area contributed by atoms with Gasteiger partial charge in [-0.1, -0.05) is 20.4 Å². The fraction of sp³-hybridized carbons (Fsp3) is 0.763. The predicted molar refractivity (Wildman–Crippen MR) is 204 cm³/mol. The van der Waals surface area contributed by atoms with Crippen LogP contribution >= 0.6 is 0 Å². The molecule has 3 fully saturated rings. The van der Waals surface area contributed by atoms with Gasteiger partial charge in [0.2, 0.25) is 0 Å². The summed E-state index contributed by atoms with van der Waals surface area (Å²) in [6.45, 7) is 15.1. The van der Waals surface area contributed by atoms with Crippen molar-refractivity contribution >= 4 is 17.6 Å². The third kappa shape index (κ3) is 15.3. The number of aliphatic hydroxyl groups excluding tert-OH is 4. The van der Waals surface area contributed by atoms with Gasteiger partial charge in [-0.15, -0.1) is 11.8 Å². The smallest absolute Gasteiger partial charge is 0.252 e. The molecule has 0 aliphatic carbocycles. The van der Waals surface area contributed by atoms with Crippen LogP contribution in [0, 0.1) is 23.7 Å². The molecular weight excluding hydrogens is 734 g/mol. The molecule has 320 valence electrons. The second-order valence-electron chi connectivity index (χ2n) is 14.4. The largest absolute Gasteiger partial charge is 0.399 e. The molecule has 0 aromatic carbocycles. The van der Waals surface area contributed by atoms with Gasteiger partial charge in [0.15, 0.2) is 24.3 Å². The lowest BCUT2D eigenvalue weighted by Gasteiger charge is -2.47. The standard InChI is InChI=1S/C34H59N5O13.C4H6/c1-18(2)22(40)9-6-7-10-37-33(46)31-29(24(42)23(41)27(50-31)19(3)4)51-34-26(44)25(43)28(47-5)30(52-34)32(45)38-11-8-12-39(36)13-21(35)17-49-16-20-14-48-15-20;1-3-4-2/h13,19-20,23-31,34,41-44H,1,6-12,14-17,35-36H2,2-5H3,(H,37,46)(H,38,45);1-2H3/b21-13-;. The van der Waals surface area contributed by atoms with Gasteiger partial charge in [-0.3, -0.25) is 14.4 Å². The van der Waals surface area contributed by atoms with Crippen molar-refractivity contribution in [3.8, 4) is 11.8 Å². The third-order valence-electron chi connectivity index (χ3n) is 9.32. The summed E-state index contributed by atoms with van der Waals surface area (Å²) >= 11 is 0. The zero-order chi connectivity index (χ0) is 41.9. The zero-order valence-corrected chi connectivity index (χ0v) is 33.6. The van der Waals surface area contributed by atoms with Gasteiger partial charge < -0.3 is 70.2 Å². The van der Waals surface area contributed by atoms with Crippen molar-refractivity contribution in [2.75, 3.05) is 53.2 Å². The van der Waals surface area contributed by atoms with E-state index >= 15 is 0 Å². The van der Waals surface area contributed by atoms with Crippen LogP contribution in [0.2, 0.25) is 0 Å². The molecule has 56 heavy (non-hydrogen) atoms. The predicted octanol–water partition coefficient (Wildman–Crippen LogP) is -1.42. The first kappa shape index (κ1) is 49.0. The Morgan fingerprint density at radius 2 is 1.52 bits per heavy atom. The summed E-state index contributed by atoms with van der Waals surface area (Å²) in [7, 11) is 1.23. The van der Waals surface area contributed by atoms with Crippen molar-refractivity contribution in [2.24, 2.45) is 23.4 Å². The number of nitrogens with two attached hydrogens (primary N) is 2. The summed E-state index contributed by atoms with van der Waals surface area (Å²) in [4.78, 5) is 38.5. The summed E-state index contributed by atoms with van der Waals surface area (Å²) in [5, 5.41) is 50.6. The molecule has 0 radical (unpaired) electrons. The number of aliphatic hydroxyl groups is 4. The number of nitrogens with zero attached hydrogens (tertiary/aromatic N) is 1. The minimum atomic E-state index is -1.79. The van der Waals surface area contributed by atoms with Gasteiger partial charge in [0.1, 0.15) is 36.6 Å². The average Bonchev–Trinajstić information content (AvgIpc) is 3.14. The molecule has 0 aromatic heterocycles. The summed E-state index contributed by atoms with van der Waals surface area (Å²) < 4.78 is 33.6. The van der Waals surface area contributed by atoms with E-state index in [4.69, 9.17) is 40.0 Å². The Morgan fingerprint density at radius 1 is 0.929 bits per heavy atom. The van der Waals surface area contributed by atoms with E-state index in [2.05, 4.69) is 29.1 Å². The van der Waals surface area contributed by atoms with Crippen molar-refractivity contribution < 1.29 is 63.2 Å². The van der Waals surface area contributed by atoms with Crippen LogP contribution in [0.1, 0.15) is 60.3 Å². The van der Waals surface area contributed by atoms with E-state index < -0.39 is 73.0 Å². The first-order chi connectivity index (χ1) is 26.6. The number of amides is 2. The van der Waals surface area contributed by atoms with E-state index in [0.717, 1.165) is 0 Å². The molecule has 10 unspecified atom stereocenters. The van der Waals surface area contributed by atoms with Crippen molar-refractivity contribution in [3.05, 3.63) is 24.0 Å². The number of hydrazine groups is 1. The van der Waals surface area contributed by atoms with Crippen LogP contribution in [-0.4, -0.2) is 157 Å². The number of carbonyl (C=O) groups excluding carboxylic acids is 3. The van der Waals surface area contributed by atoms with Crippen molar-refractivity contribution in [2.45, 2.75) is 122 Å². The molecular formula is C38H65N5O13. The molecule has 18 heteroatoms. The van der Waals surface area contributed by atoms with Crippen LogP contribution < -0.4 is 22.2 Å². The Morgan fingerprint density at radius 3 is 2.05 bits per heavy atom. The Hall–Kier alpha value is -3.19. The molecule has 3 saturated heterocycles. The van der Waals surface area contributed by atoms with Crippen LogP contribution in [0.3, 0.4) is 0 Å². The Kier molecular flexibility index (Phi) is 22.1. The van der Waals surface area contributed by atoms with Gasteiger partial charge in [-0.05, 0) is 51.5 Å². The van der Waals surface area contributed by atoms with Gasteiger partial charge in [0.05, 0.1) is 38.2 Å². The molecule has 3 aliphatic rings. The molecule has 0 aromatic rings.